The molecule has 1 rings (SSSR count). The molecule has 0 saturated carbocycles. The number of hydrogen-bond donors (Lipinski definition) is 1. The van der Waals surface area contributed by atoms with Gasteiger partial charge >= 0.3 is 5.97 Å². The van der Waals surface area contributed by atoms with Crippen LogP contribution in [0.4, 0.5) is 0 Å². The Morgan fingerprint density at radius 3 is 2.75 bits per heavy atom. The average molecular weight is 245 g/mol. The van der Waals surface area contributed by atoms with Crippen LogP contribution < -0.4 is 0 Å². The molecule has 0 spiro atoms. The topological polar surface area (TPSA) is 40.5 Å². The van der Waals surface area contributed by atoms with Gasteiger partial charge in [-0.3, -0.25) is 4.79 Å². The predicted octanol–water partition coefficient (Wildman–Crippen LogP) is 2.17. The number of carboxylic acids is 1. The molecule has 0 aliphatic carbocycles. The third-order valence-electron chi connectivity index (χ3n) is 3.20. The van der Waals surface area contributed by atoms with E-state index in [1.54, 1.807) is 6.92 Å². The first-order valence-electron chi connectivity index (χ1n) is 5.82. The van der Waals surface area contributed by atoms with E-state index in [1.165, 1.54) is 12.2 Å². The molecule has 1 N–H and O–H groups in total. The first-order chi connectivity index (χ1) is 7.32. The highest BCUT2D eigenvalue weighted by atomic mass is 32.2. The van der Waals surface area contributed by atoms with Crippen molar-refractivity contribution in [1.29, 1.82) is 0 Å². The van der Waals surface area contributed by atoms with Gasteiger partial charge in [-0.05, 0) is 24.6 Å². The first-order valence-corrected chi connectivity index (χ1v) is 6.98. The van der Waals surface area contributed by atoms with Crippen LogP contribution in [-0.2, 0) is 4.79 Å². The Labute approximate surface area is 103 Å². The standard InChI is InChI=1S/C12H23NO2S/c1-9(11(14)15)6-13(4)10-5-12(2,3)8-16-7-10/h9-10H,5-8H2,1-4H3,(H,14,15). The van der Waals surface area contributed by atoms with Gasteiger partial charge in [0.15, 0.2) is 0 Å². The van der Waals surface area contributed by atoms with Gasteiger partial charge in [-0.25, -0.2) is 0 Å². The van der Waals surface area contributed by atoms with Crippen LogP contribution in [-0.4, -0.2) is 47.1 Å². The van der Waals surface area contributed by atoms with Gasteiger partial charge in [-0.2, -0.15) is 11.8 Å². The molecule has 1 heterocycles. The lowest BCUT2D eigenvalue weighted by molar-refractivity contribution is -0.141. The molecule has 0 amide bonds. The van der Waals surface area contributed by atoms with E-state index in [4.69, 9.17) is 5.11 Å². The third kappa shape index (κ3) is 3.98. The van der Waals surface area contributed by atoms with Crippen molar-refractivity contribution in [3.8, 4) is 0 Å². The van der Waals surface area contributed by atoms with Crippen molar-refractivity contribution >= 4 is 17.7 Å². The highest BCUT2D eigenvalue weighted by molar-refractivity contribution is 7.99. The number of carboxylic acid groups (broad SMARTS) is 1. The van der Waals surface area contributed by atoms with Gasteiger partial charge in [0.1, 0.15) is 0 Å². The smallest absolute Gasteiger partial charge is 0.307 e. The Bertz CT molecular complexity index is 255. The van der Waals surface area contributed by atoms with Crippen LogP contribution in [0.2, 0.25) is 0 Å². The van der Waals surface area contributed by atoms with Gasteiger partial charge in [0, 0.05) is 18.3 Å². The fourth-order valence-electron chi connectivity index (χ4n) is 2.17. The lowest BCUT2D eigenvalue weighted by Crippen LogP contribution is -2.44. The lowest BCUT2D eigenvalue weighted by Gasteiger charge is -2.39. The van der Waals surface area contributed by atoms with Crippen molar-refractivity contribution in [1.82, 2.24) is 4.90 Å². The number of nitrogens with zero attached hydrogens (tertiary/aromatic N) is 1. The Kier molecular flexibility index (Phi) is 4.68. The maximum Gasteiger partial charge on any atom is 0.307 e. The fraction of sp³-hybridized carbons (Fsp3) is 0.917. The Hall–Kier alpha value is -0.220. The van der Waals surface area contributed by atoms with Gasteiger partial charge in [0.25, 0.3) is 0 Å². The molecule has 2 atom stereocenters. The maximum absolute atomic E-state index is 10.8. The summed E-state index contributed by atoms with van der Waals surface area (Å²) in [7, 11) is 2.05. The highest BCUT2D eigenvalue weighted by Gasteiger charge is 2.31. The van der Waals surface area contributed by atoms with Crippen molar-refractivity contribution < 1.29 is 9.90 Å². The van der Waals surface area contributed by atoms with Crippen LogP contribution in [0, 0.1) is 11.3 Å². The molecule has 0 aromatic heterocycles. The summed E-state index contributed by atoms with van der Waals surface area (Å²) in [6.07, 6.45) is 1.17. The summed E-state index contributed by atoms with van der Waals surface area (Å²) in [5, 5.41) is 8.90. The molecular formula is C12H23NO2S. The van der Waals surface area contributed by atoms with Crippen molar-refractivity contribution in [3.63, 3.8) is 0 Å². The summed E-state index contributed by atoms with van der Waals surface area (Å²) in [5.41, 5.74) is 0.383. The highest BCUT2D eigenvalue weighted by Crippen LogP contribution is 2.35. The molecule has 16 heavy (non-hydrogen) atoms. The maximum atomic E-state index is 10.8. The van der Waals surface area contributed by atoms with E-state index in [9.17, 15) is 4.79 Å². The summed E-state index contributed by atoms with van der Waals surface area (Å²) < 4.78 is 0. The second-order valence-electron chi connectivity index (χ2n) is 5.72. The average Bonchev–Trinajstić information content (AvgIpc) is 2.15. The minimum absolute atomic E-state index is 0.278. The Morgan fingerprint density at radius 1 is 1.62 bits per heavy atom. The number of carbonyl (C=O) groups is 1. The predicted molar refractivity (Wildman–Crippen MR) is 68.9 cm³/mol. The van der Waals surface area contributed by atoms with E-state index < -0.39 is 5.97 Å². The molecule has 0 aromatic carbocycles. The minimum Gasteiger partial charge on any atom is -0.481 e. The monoisotopic (exact) mass is 245 g/mol. The van der Waals surface area contributed by atoms with Gasteiger partial charge in [-0.15, -0.1) is 0 Å². The van der Waals surface area contributed by atoms with Crippen molar-refractivity contribution in [3.05, 3.63) is 0 Å². The number of aliphatic carboxylic acids is 1. The zero-order valence-corrected chi connectivity index (χ0v) is 11.5. The van der Waals surface area contributed by atoms with Gasteiger partial charge in [-0.1, -0.05) is 20.8 Å². The summed E-state index contributed by atoms with van der Waals surface area (Å²) in [6.45, 7) is 7.01. The normalized spacial score (nSPS) is 26.7. The number of hydrogen-bond acceptors (Lipinski definition) is 3. The number of thioether (sulfide) groups is 1. The van der Waals surface area contributed by atoms with E-state index in [-0.39, 0.29) is 5.92 Å². The Balaban J connectivity index is 2.47. The van der Waals surface area contributed by atoms with E-state index in [2.05, 4.69) is 18.7 Å². The van der Waals surface area contributed by atoms with Crippen LogP contribution >= 0.6 is 11.8 Å². The third-order valence-corrected chi connectivity index (χ3v) is 4.80. The van der Waals surface area contributed by atoms with Crippen molar-refractivity contribution in [2.24, 2.45) is 11.3 Å². The SMILES string of the molecule is CC(CN(C)C1CSCC(C)(C)C1)C(=O)O. The second-order valence-corrected chi connectivity index (χ2v) is 6.75. The molecule has 0 bridgehead atoms. The van der Waals surface area contributed by atoms with Crippen LogP contribution in [0.1, 0.15) is 27.2 Å². The van der Waals surface area contributed by atoms with Crippen LogP contribution in [0.5, 0.6) is 0 Å². The summed E-state index contributed by atoms with van der Waals surface area (Å²) >= 11 is 1.98. The van der Waals surface area contributed by atoms with E-state index >= 15 is 0 Å². The minimum atomic E-state index is -0.699. The van der Waals surface area contributed by atoms with E-state index in [0.29, 0.717) is 18.0 Å². The summed E-state index contributed by atoms with van der Waals surface area (Å²) in [4.78, 5) is 13.0. The summed E-state index contributed by atoms with van der Waals surface area (Å²) in [5.74, 6) is 1.37. The number of rotatable bonds is 4. The van der Waals surface area contributed by atoms with Crippen molar-refractivity contribution in [2.45, 2.75) is 33.2 Å². The molecule has 3 nitrogen and oxygen atoms in total. The summed E-state index contributed by atoms with van der Waals surface area (Å²) in [6, 6.07) is 0.524. The van der Waals surface area contributed by atoms with Gasteiger partial charge < -0.3 is 10.0 Å². The van der Waals surface area contributed by atoms with E-state index in [1.807, 2.05) is 18.8 Å². The lowest BCUT2D eigenvalue weighted by atomic mass is 9.87. The second kappa shape index (κ2) is 5.41. The quantitative estimate of drug-likeness (QED) is 0.824. The molecule has 2 unspecified atom stereocenters. The van der Waals surface area contributed by atoms with Crippen LogP contribution in [0.3, 0.4) is 0 Å². The molecule has 94 valence electrons. The fourth-order valence-corrected chi connectivity index (χ4v) is 3.60. The largest absolute Gasteiger partial charge is 0.481 e. The molecule has 1 aliphatic heterocycles. The van der Waals surface area contributed by atoms with Crippen LogP contribution in [0.15, 0.2) is 0 Å². The molecule has 1 saturated heterocycles. The molecule has 0 aromatic rings. The first kappa shape index (κ1) is 13.8. The van der Waals surface area contributed by atoms with Gasteiger partial charge in [0.05, 0.1) is 5.92 Å². The van der Waals surface area contributed by atoms with Crippen LogP contribution in [0.25, 0.3) is 0 Å². The molecule has 0 radical (unpaired) electrons. The van der Waals surface area contributed by atoms with E-state index in [0.717, 1.165) is 5.75 Å². The van der Waals surface area contributed by atoms with Crippen molar-refractivity contribution in [2.75, 3.05) is 25.1 Å². The molecule has 4 heteroatoms. The zero-order chi connectivity index (χ0) is 12.3. The van der Waals surface area contributed by atoms with Gasteiger partial charge in [0.2, 0.25) is 0 Å². The molecular weight excluding hydrogens is 222 g/mol. The Morgan fingerprint density at radius 2 is 2.25 bits per heavy atom. The molecule has 1 aliphatic rings. The molecule has 1 fully saturated rings. The zero-order valence-electron chi connectivity index (χ0n) is 10.7.